The number of ether oxygens (including phenoxy) is 2. The summed E-state index contributed by atoms with van der Waals surface area (Å²) in [6.07, 6.45) is 0. The zero-order valence-electron chi connectivity index (χ0n) is 14.1. The Morgan fingerprint density at radius 1 is 1.12 bits per heavy atom. The minimum atomic E-state index is -0.367. The molecule has 6 nitrogen and oxygen atoms in total. The summed E-state index contributed by atoms with van der Waals surface area (Å²) in [5, 5.41) is 3.60. The normalized spacial score (nSPS) is 10.7. The van der Waals surface area contributed by atoms with Crippen molar-refractivity contribution in [3.63, 3.8) is 0 Å². The number of hydrogen-bond donors (Lipinski definition) is 1. The quantitative estimate of drug-likeness (QED) is 0.753. The van der Waals surface area contributed by atoms with Crippen molar-refractivity contribution in [2.24, 2.45) is 0 Å². The monoisotopic (exact) mass is 376 g/mol. The minimum Gasteiger partial charge on any atom is -0.493 e. The Labute approximate surface area is 152 Å². The first-order valence-electron chi connectivity index (χ1n) is 7.38. The zero-order chi connectivity index (χ0) is 18.1. The van der Waals surface area contributed by atoms with Crippen LogP contribution in [-0.2, 0) is 0 Å². The summed E-state index contributed by atoms with van der Waals surface area (Å²) in [6.45, 7) is 3.86. The van der Waals surface area contributed by atoms with Gasteiger partial charge in [0.05, 0.1) is 19.6 Å². The molecular formula is C17H16N2O4S2. The maximum absolute atomic E-state index is 12.5. The van der Waals surface area contributed by atoms with Crippen molar-refractivity contribution in [1.82, 2.24) is 4.98 Å². The number of methoxy groups -OCH3 is 2. The fraction of sp³-hybridized carbons (Fsp3) is 0.235. The molecule has 0 saturated heterocycles. The van der Waals surface area contributed by atoms with E-state index in [2.05, 4.69) is 10.3 Å². The summed E-state index contributed by atoms with van der Waals surface area (Å²) in [7, 11) is 3.03. The van der Waals surface area contributed by atoms with Crippen LogP contribution in [0.25, 0.3) is 10.2 Å². The number of nitrogens with one attached hydrogen (secondary N) is 1. The number of amides is 1. The molecule has 0 bridgehead atoms. The Kier molecular flexibility index (Phi) is 4.73. The molecule has 8 heteroatoms. The molecule has 2 aromatic heterocycles. The van der Waals surface area contributed by atoms with Crippen LogP contribution in [-0.4, -0.2) is 25.1 Å². The Hall–Kier alpha value is -2.45. The molecule has 0 atom stereocenters. The number of hydrogen-bond acceptors (Lipinski definition) is 7. The van der Waals surface area contributed by atoms with Gasteiger partial charge in [-0.15, -0.1) is 11.3 Å². The van der Waals surface area contributed by atoms with E-state index in [9.17, 15) is 9.59 Å². The molecule has 3 rings (SSSR count). The first kappa shape index (κ1) is 17.4. The van der Waals surface area contributed by atoms with Gasteiger partial charge in [-0.2, -0.15) is 0 Å². The first-order chi connectivity index (χ1) is 11.9. The molecule has 2 heterocycles. The van der Waals surface area contributed by atoms with E-state index in [0.29, 0.717) is 27.3 Å². The van der Waals surface area contributed by atoms with Crippen molar-refractivity contribution in [2.75, 3.05) is 19.5 Å². The summed E-state index contributed by atoms with van der Waals surface area (Å²) < 4.78 is 10.3. The van der Waals surface area contributed by atoms with Crippen LogP contribution < -0.4 is 19.5 Å². The third-order valence-corrected chi connectivity index (χ3v) is 5.71. The molecule has 1 amide bonds. The SMILES string of the molecule is COc1ccc(C(=O)Nc2nc3sc(C)c(C)c3c(=O)s2)cc1OC. The molecule has 0 aliphatic rings. The van der Waals surface area contributed by atoms with E-state index in [1.165, 1.54) is 25.6 Å². The Morgan fingerprint density at radius 2 is 1.84 bits per heavy atom. The Morgan fingerprint density at radius 3 is 2.52 bits per heavy atom. The van der Waals surface area contributed by atoms with Gasteiger partial charge in [0.2, 0.25) is 4.74 Å². The van der Waals surface area contributed by atoms with Gasteiger partial charge in [0.1, 0.15) is 4.83 Å². The van der Waals surface area contributed by atoms with E-state index in [-0.39, 0.29) is 15.8 Å². The van der Waals surface area contributed by atoms with E-state index >= 15 is 0 Å². The lowest BCUT2D eigenvalue weighted by Crippen LogP contribution is -2.13. The van der Waals surface area contributed by atoms with E-state index in [0.717, 1.165) is 21.8 Å². The second kappa shape index (κ2) is 6.81. The van der Waals surface area contributed by atoms with Gasteiger partial charge in [0, 0.05) is 10.4 Å². The highest BCUT2D eigenvalue weighted by molar-refractivity contribution is 7.20. The van der Waals surface area contributed by atoms with Gasteiger partial charge >= 0.3 is 0 Å². The van der Waals surface area contributed by atoms with E-state index < -0.39 is 0 Å². The predicted molar refractivity (Wildman–Crippen MR) is 101 cm³/mol. The zero-order valence-corrected chi connectivity index (χ0v) is 15.8. The van der Waals surface area contributed by atoms with Crippen molar-refractivity contribution in [3.8, 4) is 11.5 Å². The third-order valence-electron chi connectivity index (χ3n) is 3.83. The first-order valence-corrected chi connectivity index (χ1v) is 9.02. The standard InChI is InChI=1S/C17H16N2O4S2/c1-8-9(2)24-15-13(8)16(21)25-17(19-15)18-14(20)10-5-6-11(22-3)12(7-10)23-4/h5-7H,1-4H3,(H,18,19,20). The van der Waals surface area contributed by atoms with Gasteiger partial charge in [-0.25, -0.2) is 4.98 Å². The third kappa shape index (κ3) is 3.22. The van der Waals surface area contributed by atoms with Gasteiger partial charge in [-0.05, 0) is 37.6 Å². The van der Waals surface area contributed by atoms with E-state index in [1.54, 1.807) is 18.2 Å². The fourth-order valence-corrected chi connectivity index (χ4v) is 4.34. The molecule has 0 aliphatic carbocycles. The summed E-state index contributed by atoms with van der Waals surface area (Å²) >= 11 is 2.38. The molecule has 3 aromatic rings. The van der Waals surface area contributed by atoms with Crippen LogP contribution >= 0.6 is 22.7 Å². The van der Waals surface area contributed by atoms with Gasteiger partial charge in [0.25, 0.3) is 5.91 Å². The molecule has 0 fully saturated rings. The minimum absolute atomic E-state index is 0.102. The number of carbonyl (C=O) groups is 1. The second-order valence-electron chi connectivity index (χ2n) is 5.29. The highest BCUT2D eigenvalue weighted by Crippen LogP contribution is 2.30. The van der Waals surface area contributed by atoms with Gasteiger partial charge in [-0.3, -0.25) is 14.9 Å². The highest BCUT2D eigenvalue weighted by atomic mass is 32.1. The lowest BCUT2D eigenvalue weighted by Gasteiger charge is -2.09. The second-order valence-corrected chi connectivity index (χ2v) is 7.46. The molecule has 0 aliphatic heterocycles. The summed E-state index contributed by atoms with van der Waals surface area (Å²) in [5.74, 6) is 0.623. The fourth-order valence-electron chi connectivity index (χ4n) is 2.38. The van der Waals surface area contributed by atoms with Crippen LogP contribution in [0, 0.1) is 13.8 Å². The molecule has 1 aromatic carbocycles. The molecule has 0 spiro atoms. The molecule has 130 valence electrons. The molecule has 25 heavy (non-hydrogen) atoms. The molecule has 0 radical (unpaired) electrons. The maximum atomic E-state index is 12.5. The Balaban J connectivity index is 1.93. The summed E-state index contributed by atoms with van der Waals surface area (Å²) in [5.41, 5.74) is 1.34. The molecule has 0 unspecified atom stereocenters. The van der Waals surface area contributed by atoms with Crippen LogP contribution in [0.2, 0.25) is 0 Å². The number of nitrogens with zero attached hydrogens (tertiary/aromatic N) is 1. The van der Waals surface area contributed by atoms with Crippen LogP contribution in [0.3, 0.4) is 0 Å². The number of anilines is 1. The number of aromatic nitrogens is 1. The largest absolute Gasteiger partial charge is 0.493 e. The average molecular weight is 376 g/mol. The number of aryl methyl sites for hydroxylation is 2. The maximum Gasteiger partial charge on any atom is 0.257 e. The molecule has 0 saturated carbocycles. The topological polar surface area (TPSA) is 77.5 Å². The molecular weight excluding hydrogens is 360 g/mol. The lowest BCUT2D eigenvalue weighted by molar-refractivity contribution is 0.102. The van der Waals surface area contributed by atoms with Crippen molar-refractivity contribution >= 4 is 43.9 Å². The van der Waals surface area contributed by atoms with Crippen molar-refractivity contribution in [3.05, 3.63) is 43.7 Å². The van der Waals surface area contributed by atoms with Crippen molar-refractivity contribution in [2.45, 2.75) is 13.8 Å². The van der Waals surface area contributed by atoms with Crippen molar-refractivity contribution in [1.29, 1.82) is 0 Å². The number of fused-ring (bicyclic) bond motifs is 1. The Bertz CT molecular complexity index is 1020. The van der Waals surface area contributed by atoms with Crippen LogP contribution in [0.5, 0.6) is 11.5 Å². The van der Waals surface area contributed by atoms with Gasteiger partial charge < -0.3 is 9.47 Å². The molecule has 1 N–H and O–H groups in total. The average Bonchev–Trinajstić information content (AvgIpc) is 2.88. The lowest BCUT2D eigenvalue weighted by atomic mass is 10.2. The number of thiophene rings is 1. The number of carbonyl (C=O) groups excluding carboxylic acids is 1. The smallest absolute Gasteiger partial charge is 0.257 e. The van der Waals surface area contributed by atoms with Crippen LogP contribution in [0.1, 0.15) is 20.8 Å². The van der Waals surface area contributed by atoms with Gasteiger partial charge in [-0.1, -0.05) is 11.3 Å². The van der Waals surface area contributed by atoms with E-state index in [1.807, 2.05) is 13.8 Å². The summed E-state index contributed by atoms with van der Waals surface area (Å²) in [6, 6.07) is 4.85. The van der Waals surface area contributed by atoms with E-state index in [4.69, 9.17) is 9.47 Å². The van der Waals surface area contributed by atoms with Gasteiger partial charge in [0.15, 0.2) is 16.6 Å². The highest BCUT2D eigenvalue weighted by Gasteiger charge is 2.15. The number of benzene rings is 1. The predicted octanol–water partition coefficient (Wildman–Crippen LogP) is 3.60. The summed E-state index contributed by atoms with van der Waals surface area (Å²) in [4.78, 5) is 30.9. The van der Waals surface area contributed by atoms with Crippen LogP contribution in [0.4, 0.5) is 5.13 Å². The van der Waals surface area contributed by atoms with Crippen molar-refractivity contribution < 1.29 is 14.3 Å². The van der Waals surface area contributed by atoms with Crippen LogP contribution in [0.15, 0.2) is 23.0 Å². The number of rotatable bonds is 4.